The molecule has 0 spiro atoms. The van der Waals surface area contributed by atoms with Gasteiger partial charge in [-0.2, -0.15) is 0 Å². The number of benzene rings is 1. The molecular formula is C16H20ClNO2. The molecule has 0 fully saturated rings. The van der Waals surface area contributed by atoms with Gasteiger partial charge >= 0.3 is 0 Å². The normalized spacial score (nSPS) is 12.4. The van der Waals surface area contributed by atoms with Crippen LogP contribution in [0.2, 0.25) is 5.22 Å². The maximum atomic E-state index is 5.87. The van der Waals surface area contributed by atoms with Gasteiger partial charge in [0.1, 0.15) is 11.5 Å². The fraction of sp³-hybridized carbons (Fsp3) is 0.375. The number of ether oxygens (including phenoxy) is 1. The zero-order chi connectivity index (χ0) is 14.5. The Morgan fingerprint density at radius 1 is 1.30 bits per heavy atom. The molecule has 0 radical (unpaired) electrons. The van der Waals surface area contributed by atoms with E-state index in [4.69, 9.17) is 20.8 Å². The van der Waals surface area contributed by atoms with Crippen molar-refractivity contribution in [2.45, 2.75) is 26.3 Å². The Bertz CT molecular complexity index is 565. The summed E-state index contributed by atoms with van der Waals surface area (Å²) in [6.45, 7) is 5.01. The van der Waals surface area contributed by atoms with Crippen LogP contribution in [0, 0.1) is 6.92 Å². The van der Waals surface area contributed by atoms with E-state index in [0.717, 1.165) is 30.0 Å². The molecule has 0 amide bonds. The van der Waals surface area contributed by atoms with Crippen LogP contribution in [0.5, 0.6) is 5.75 Å². The molecule has 1 unspecified atom stereocenters. The molecule has 1 N–H and O–H groups in total. The lowest BCUT2D eigenvalue weighted by Crippen LogP contribution is -2.22. The zero-order valence-corrected chi connectivity index (χ0v) is 12.8. The molecule has 108 valence electrons. The van der Waals surface area contributed by atoms with E-state index in [1.807, 2.05) is 18.2 Å². The predicted molar refractivity (Wildman–Crippen MR) is 81.6 cm³/mol. The van der Waals surface area contributed by atoms with Crippen LogP contribution in [0.1, 0.15) is 29.9 Å². The van der Waals surface area contributed by atoms with Crippen molar-refractivity contribution in [1.82, 2.24) is 5.32 Å². The van der Waals surface area contributed by atoms with E-state index in [9.17, 15) is 0 Å². The van der Waals surface area contributed by atoms with Crippen molar-refractivity contribution in [1.29, 1.82) is 0 Å². The van der Waals surface area contributed by atoms with E-state index in [1.54, 1.807) is 13.2 Å². The highest BCUT2D eigenvalue weighted by Gasteiger charge is 2.17. The van der Waals surface area contributed by atoms with Crippen molar-refractivity contribution in [3.63, 3.8) is 0 Å². The number of methoxy groups -OCH3 is 1. The molecular weight excluding hydrogens is 274 g/mol. The van der Waals surface area contributed by atoms with Gasteiger partial charge in [-0.1, -0.05) is 24.6 Å². The van der Waals surface area contributed by atoms with Crippen LogP contribution in [0.25, 0.3) is 0 Å². The summed E-state index contributed by atoms with van der Waals surface area (Å²) < 4.78 is 11.0. The highest BCUT2D eigenvalue weighted by molar-refractivity contribution is 6.28. The fourth-order valence-electron chi connectivity index (χ4n) is 2.32. The average molecular weight is 294 g/mol. The molecule has 1 aromatic heterocycles. The number of hydrogen-bond acceptors (Lipinski definition) is 3. The number of furan rings is 1. The van der Waals surface area contributed by atoms with Crippen LogP contribution in [0.15, 0.2) is 34.7 Å². The molecule has 20 heavy (non-hydrogen) atoms. The first-order valence-electron chi connectivity index (χ1n) is 6.76. The van der Waals surface area contributed by atoms with E-state index in [-0.39, 0.29) is 6.04 Å². The number of halogens is 1. The average Bonchev–Trinajstić information content (AvgIpc) is 2.85. The van der Waals surface area contributed by atoms with Gasteiger partial charge in [0.15, 0.2) is 5.22 Å². The standard InChI is InChI=1S/C16H20ClNO2/c1-4-18-13(15-7-8-16(17)20-15)10-12-9-11(2)5-6-14(12)19-3/h5-9,13,18H,4,10H2,1-3H3. The Kier molecular flexibility index (Phi) is 5.10. The molecule has 0 saturated carbocycles. The maximum Gasteiger partial charge on any atom is 0.193 e. The highest BCUT2D eigenvalue weighted by atomic mass is 35.5. The number of likely N-dealkylation sites (N-methyl/N-ethyl adjacent to an activating group) is 1. The van der Waals surface area contributed by atoms with Gasteiger partial charge in [0.05, 0.1) is 13.2 Å². The third kappa shape index (κ3) is 3.56. The summed E-state index contributed by atoms with van der Waals surface area (Å²) in [6.07, 6.45) is 0.794. The SMILES string of the molecule is CCNC(Cc1cc(C)ccc1OC)c1ccc(Cl)o1. The van der Waals surface area contributed by atoms with E-state index in [2.05, 4.69) is 25.2 Å². The van der Waals surface area contributed by atoms with Crippen LogP contribution in [0.3, 0.4) is 0 Å². The van der Waals surface area contributed by atoms with Crippen molar-refractivity contribution in [3.05, 3.63) is 52.4 Å². The van der Waals surface area contributed by atoms with Gasteiger partial charge < -0.3 is 14.5 Å². The second kappa shape index (κ2) is 6.82. The minimum absolute atomic E-state index is 0.0863. The van der Waals surface area contributed by atoms with Gasteiger partial charge in [0.2, 0.25) is 0 Å². The molecule has 0 saturated heterocycles. The summed E-state index contributed by atoms with van der Waals surface area (Å²) in [6, 6.07) is 9.97. The molecule has 1 heterocycles. The summed E-state index contributed by atoms with van der Waals surface area (Å²) in [7, 11) is 1.69. The summed E-state index contributed by atoms with van der Waals surface area (Å²) >= 11 is 5.87. The molecule has 4 heteroatoms. The number of aryl methyl sites for hydroxylation is 1. The lowest BCUT2D eigenvalue weighted by molar-refractivity contribution is 0.392. The number of hydrogen-bond donors (Lipinski definition) is 1. The van der Waals surface area contributed by atoms with Crippen molar-refractivity contribution in [2.75, 3.05) is 13.7 Å². The molecule has 1 atom stereocenters. The molecule has 2 aromatic rings. The summed E-state index contributed by atoms with van der Waals surface area (Å²) in [5.74, 6) is 1.75. The lowest BCUT2D eigenvalue weighted by Gasteiger charge is -2.17. The lowest BCUT2D eigenvalue weighted by atomic mass is 10.0. The first-order chi connectivity index (χ1) is 9.63. The van der Waals surface area contributed by atoms with Gasteiger partial charge in [0, 0.05) is 0 Å². The quantitative estimate of drug-likeness (QED) is 0.869. The smallest absolute Gasteiger partial charge is 0.193 e. The van der Waals surface area contributed by atoms with Gasteiger partial charge in [-0.05, 0) is 55.3 Å². The van der Waals surface area contributed by atoms with Crippen LogP contribution in [-0.4, -0.2) is 13.7 Å². The molecule has 0 aliphatic rings. The van der Waals surface area contributed by atoms with Gasteiger partial charge in [-0.15, -0.1) is 0 Å². The zero-order valence-electron chi connectivity index (χ0n) is 12.1. The Labute approximate surface area is 124 Å². The van der Waals surface area contributed by atoms with Crippen LogP contribution < -0.4 is 10.1 Å². The molecule has 1 aromatic carbocycles. The highest BCUT2D eigenvalue weighted by Crippen LogP contribution is 2.28. The summed E-state index contributed by atoms with van der Waals surface area (Å²) in [5.41, 5.74) is 2.37. The summed E-state index contributed by atoms with van der Waals surface area (Å²) in [5, 5.41) is 3.84. The predicted octanol–water partition coefficient (Wildman–Crippen LogP) is 4.14. The third-order valence-corrected chi connectivity index (χ3v) is 3.45. The van der Waals surface area contributed by atoms with Crippen LogP contribution in [-0.2, 0) is 6.42 Å². The number of nitrogens with one attached hydrogen (secondary N) is 1. The first-order valence-corrected chi connectivity index (χ1v) is 7.14. The van der Waals surface area contributed by atoms with Gasteiger partial charge in [0.25, 0.3) is 0 Å². The minimum Gasteiger partial charge on any atom is -0.496 e. The third-order valence-electron chi connectivity index (χ3n) is 3.25. The van der Waals surface area contributed by atoms with Crippen LogP contribution >= 0.6 is 11.6 Å². The maximum absolute atomic E-state index is 5.87. The minimum atomic E-state index is 0.0863. The van der Waals surface area contributed by atoms with E-state index >= 15 is 0 Å². The van der Waals surface area contributed by atoms with Crippen LogP contribution in [0.4, 0.5) is 0 Å². The van der Waals surface area contributed by atoms with Crippen molar-refractivity contribution in [3.8, 4) is 5.75 Å². The van der Waals surface area contributed by atoms with Crippen molar-refractivity contribution < 1.29 is 9.15 Å². The van der Waals surface area contributed by atoms with Gasteiger partial charge in [-0.3, -0.25) is 0 Å². The first kappa shape index (κ1) is 14.9. The number of rotatable bonds is 6. The van der Waals surface area contributed by atoms with E-state index < -0.39 is 0 Å². The molecule has 0 bridgehead atoms. The molecule has 2 rings (SSSR count). The van der Waals surface area contributed by atoms with Crippen molar-refractivity contribution >= 4 is 11.6 Å². The monoisotopic (exact) mass is 293 g/mol. The Morgan fingerprint density at radius 2 is 2.10 bits per heavy atom. The van der Waals surface area contributed by atoms with E-state index in [0.29, 0.717) is 5.22 Å². The Balaban J connectivity index is 2.26. The second-order valence-electron chi connectivity index (χ2n) is 4.77. The Hall–Kier alpha value is -1.45. The van der Waals surface area contributed by atoms with Gasteiger partial charge in [-0.25, -0.2) is 0 Å². The Morgan fingerprint density at radius 3 is 2.70 bits per heavy atom. The second-order valence-corrected chi connectivity index (χ2v) is 5.14. The van der Waals surface area contributed by atoms with Crippen molar-refractivity contribution in [2.24, 2.45) is 0 Å². The molecule has 0 aliphatic heterocycles. The van der Waals surface area contributed by atoms with E-state index in [1.165, 1.54) is 5.56 Å². The summed E-state index contributed by atoms with van der Waals surface area (Å²) in [4.78, 5) is 0. The molecule has 3 nitrogen and oxygen atoms in total. The molecule has 0 aliphatic carbocycles. The largest absolute Gasteiger partial charge is 0.496 e. The fourth-order valence-corrected chi connectivity index (χ4v) is 2.47. The topological polar surface area (TPSA) is 34.4 Å².